The van der Waals surface area contributed by atoms with Gasteiger partial charge in [-0.05, 0) is 69.9 Å². The van der Waals surface area contributed by atoms with E-state index in [-0.39, 0.29) is 19.2 Å². The average molecular weight is 532 g/mol. The van der Waals surface area contributed by atoms with Crippen LogP contribution in [0, 0.1) is 0 Å². The lowest BCUT2D eigenvalue weighted by Crippen LogP contribution is -2.41. The van der Waals surface area contributed by atoms with Crippen LogP contribution in [-0.4, -0.2) is 65.9 Å². The molecule has 0 amide bonds. The van der Waals surface area contributed by atoms with E-state index in [0.717, 1.165) is 22.4 Å². The third-order valence-electron chi connectivity index (χ3n) is 7.16. The maximum Gasteiger partial charge on any atom is 0.494 e. The molecule has 0 radical (unpaired) electrons. The first-order valence-corrected chi connectivity index (χ1v) is 14.5. The van der Waals surface area contributed by atoms with E-state index in [0.29, 0.717) is 18.1 Å². The lowest BCUT2D eigenvalue weighted by molar-refractivity contribution is 0.00578. The minimum atomic E-state index is -3.35. The van der Waals surface area contributed by atoms with Gasteiger partial charge in [0.2, 0.25) is 0 Å². The van der Waals surface area contributed by atoms with Crippen LogP contribution < -0.4 is 25.2 Å². The first-order valence-electron chi connectivity index (χ1n) is 12.4. The highest BCUT2D eigenvalue weighted by molar-refractivity contribution is 7.90. The van der Waals surface area contributed by atoms with Gasteiger partial charge in [-0.3, -0.25) is 0 Å². The van der Waals surface area contributed by atoms with E-state index >= 15 is 0 Å². The van der Waals surface area contributed by atoms with Crippen molar-refractivity contribution in [3.05, 3.63) is 42.0 Å². The van der Waals surface area contributed by atoms with Crippen LogP contribution in [0.3, 0.4) is 0 Å². The van der Waals surface area contributed by atoms with Gasteiger partial charge in [-0.15, -0.1) is 0 Å². The van der Waals surface area contributed by atoms with Gasteiger partial charge in [-0.2, -0.15) is 0 Å². The summed E-state index contributed by atoms with van der Waals surface area (Å²) in [6, 6.07) is 10.9. The largest absolute Gasteiger partial charge is 0.494 e. The van der Waals surface area contributed by atoms with E-state index in [2.05, 4.69) is 5.32 Å². The van der Waals surface area contributed by atoms with Gasteiger partial charge < -0.3 is 33.7 Å². The Morgan fingerprint density at radius 3 is 2.41 bits per heavy atom. The van der Waals surface area contributed by atoms with Gasteiger partial charge in [-0.25, -0.2) is 8.42 Å². The van der Waals surface area contributed by atoms with Crippen molar-refractivity contribution in [3.63, 3.8) is 0 Å². The lowest BCUT2D eigenvalue weighted by atomic mass is 9.78. The number of nitrogens with one attached hydrogen (secondary N) is 1. The molecule has 2 aromatic rings. The molecule has 0 aliphatic carbocycles. The zero-order chi connectivity index (χ0) is 27.0. The van der Waals surface area contributed by atoms with E-state index in [1.54, 1.807) is 13.2 Å². The summed E-state index contributed by atoms with van der Waals surface area (Å²) in [4.78, 5) is 1.96. The summed E-state index contributed by atoms with van der Waals surface area (Å²) >= 11 is 0. The summed E-state index contributed by atoms with van der Waals surface area (Å²) in [7, 11) is -2.29. The molecule has 4 rings (SSSR count). The molecule has 0 aromatic heterocycles. The second kappa shape index (κ2) is 10.4. The molecule has 1 atom stereocenters. The number of anilines is 2. The van der Waals surface area contributed by atoms with E-state index in [1.807, 2.05) is 69.9 Å². The van der Waals surface area contributed by atoms with E-state index in [4.69, 9.17) is 23.5 Å². The molecule has 0 spiro atoms. The minimum Gasteiger partial charge on any atom is -0.493 e. The van der Waals surface area contributed by atoms with Crippen LogP contribution in [0.25, 0.3) is 0 Å². The van der Waals surface area contributed by atoms with Gasteiger partial charge in [0.1, 0.15) is 23.3 Å². The fourth-order valence-electron chi connectivity index (χ4n) is 4.49. The molecule has 2 aliphatic heterocycles. The van der Waals surface area contributed by atoms with E-state index in [1.165, 1.54) is 6.26 Å². The monoisotopic (exact) mass is 532 g/mol. The third kappa shape index (κ3) is 5.85. The summed E-state index contributed by atoms with van der Waals surface area (Å²) in [5, 5.41) is 3.31. The van der Waals surface area contributed by atoms with Crippen LogP contribution >= 0.6 is 0 Å². The SMILES string of the molecule is CCOc1cc([C@@H](CS(C)(=O)=O)N2COCNc3cc(B4OC(C)(C)C(C)(C)O4)ccc32)ccc1OC. The lowest BCUT2D eigenvalue weighted by Gasteiger charge is -2.33. The molecule has 11 heteroatoms. The molecule has 1 saturated heterocycles. The van der Waals surface area contributed by atoms with E-state index < -0.39 is 34.2 Å². The van der Waals surface area contributed by atoms with E-state index in [9.17, 15) is 8.42 Å². The first kappa shape index (κ1) is 27.6. The first-order chi connectivity index (χ1) is 17.3. The molecule has 9 nitrogen and oxygen atoms in total. The highest BCUT2D eigenvalue weighted by Crippen LogP contribution is 2.40. The third-order valence-corrected chi connectivity index (χ3v) is 8.08. The Morgan fingerprint density at radius 2 is 1.78 bits per heavy atom. The summed E-state index contributed by atoms with van der Waals surface area (Å²) in [5.41, 5.74) is 2.36. The molecule has 2 heterocycles. The predicted molar refractivity (Wildman–Crippen MR) is 146 cm³/mol. The second-order valence-corrected chi connectivity index (χ2v) is 12.6. The Kier molecular flexibility index (Phi) is 7.72. The molecule has 0 unspecified atom stereocenters. The molecule has 2 aromatic carbocycles. The predicted octanol–water partition coefficient (Wildman–Crippen LogP) is 3.34. The summed E-state index contributed by atoms with van der Waals surface area (Å²) in [5.74, 6) is 1.04. The number of fused-ring (bicyclic) bond motifs is 1. The average Bonchev–Trinajstić information content (AvgIpc) is 2.95. The zero-order valence-corrected chi connectivity index (χ0v) is 23.5. The maximum atomic E-state index is 12.6. The molecule has 1 fully saturated rings. The number of hydrogen-bond donors (Lipinski definition) is 1. The molecular formula is C26H37BN2O7S. The molecule has 0 bridgehead atoms. The Balaban J connectivity index is 1.74. The van der Waals surface area contributed by atoms with Crippen LogP contribution in [0.5, 0.6) is 11.5 Å². The number of nitrogens with zero attached hydrogens (tertiary/aromatic N) is 1. The van der Waals surface area contributed by atoms with Crippen molar-refractivity contribution in [2.75, 3.05) is 49.4 Å². The fraction of sp³-hybridized carbons (Fsp3) is 0.538. The standard InChI is InChI=1S/C26H37BN2O7S/c1-8-34-24-13-18(9-12-23(24)32-6)22(15-37(7,30)31)29-17-33-16-28-20-14-19(10-11-21(20)29)27-35-25(2,3)26(4,5)36-27/h9-14,22,28H,8,15-17H2,1-7H3/t22-/m1/s1. The molecule has 1 N–H and O–H groups in total. The Hall–Kier alpha value is -2.47. The van der Waals surface area contributed by atoms with Crippen LogP contribution in [0.1, 0.15) is 46.2 Å². The fourth-order valence-corrected chi connectivity index (χ4v) is 5.44. The Bertz CT molecular complexity index is 1220. The summed E-state index contributed by atoms with van der Waals surface area (Å²) < 4.78 is 54.7. The Morgan fingerprint density at radius 1 is 1.08 bits per heavy atom. The van der Waals surface area contributed by atoms with Crippen molar-refractivity contribution in [2.45, 2.75) is 51.9 Å². The number of sulfone groups is 1. The molecular weight excluding hydrogens is 495 g/mol. The van der Waals surface area contributed by atoms with Crippen LogP contribution in [0.4, 0.5) is 11.4 Å². The number of benzene rings is 2. The number of hydrogen-bond acceptors (Lipinski definition) is 9. The van der Waals surface area contributed by atoms with Crippen LogP contribution in [0.15, 0.2) is 36.4 Å². The quantitative estimate of drug-likeness (QED) is 0.514. The van der Waals surface area contributed by atoms with Crippen LogP contribution in [-0.2, 0) is 23.9 Å². The van der Waals surface area contributed by atoms with Gasteiger partial charge >= 0.3 is 7.12 Å². The van der Waals surface area contributed by atoms with Gasteiger partial charge in [-0.1, -0.05) is 12.1 Å². The number of methoxy groups -OCH3 is 1. The topological polar surface area (TPSA) is 95.6 Å². The summed E-state index contributed by atoms with van der Waals surface area (Å²) in [6.07, 6.45) is 1.24. The Labute approximate surface area is 220 Å². The molecule has 2 aliphatic rings. The van der Waals surface area contributed by atoms with Gasteiger partial charge in [0, 0.05) is 6.26 Å². The highest BCUT2D eigenvalue weighted by atomic mass is 32.2. The van der Waals surface area contributed by atoms with Crippen molar-refractivity contribution in [2.24, 2.45) is 0 Å². The second-order valence-electron chi connectivity index (χ2n) is 10.4. The van der Waals surface area contributed by atoms with Crippen molar-refractivity contribution >= 4 is 33.8 Å². The van der Waals surface area contributed by atoms with Gasteiger partial charge in [0.25, 0.3) is 0 Å². The molecule has 37 heavy (non-hydrogen) atoms. The minimum absolute atomic E-state index is 0.104. The van der Waals surface area contributed by atoms with Gasteiger partial charge in [0.15, 0.2) is 11.5 Å². The van der Waals surface area contributed by atoms with Crippen molar-refractivity contribution < 1.29 is 31.9 Å². The van der Waals surface area contributed by atoms with Crippen molar-refractivity contribution in [3.8, 4) is 11.5 Å². The maximum absolute atomic E-state index is 12.6. The molecule has 202 valence electrons. The normalized spacial score (nSPS) is 19.5. The molecule has 0 saturated carbocycles. The zero-order valence-electron chi connectivity index (χ0n) is 22.7. The smallest absolute Gasteiger partial charge is 0.493 e. The summed E-state index contributed by atoms with van der Waals surface area (Å²) in [6.45, 7) is 10.9. The highest BCUT2D eigenvalue weighted by Gasteiger charge is 2.51. The van der Waals surface area contributed by atoms with Crippen molar-refractivity contribution in [1.82, 2.24) is 0 Å². The number of rotatable bonds is 8. The van der Waals surface area contributed by atoms with Crippen molar-refractivity contribution in [1.29, 1.82) is 0 Å². The van der Waals surface area contributed by atoms with Gasteiger partial charge in [0.05, 0.1) is 48.1 Å². The number of ether oxygens (including phenoxy) is 3. The van der Waals surface area contributed by atoms with Crippen LogP contribution in [0.2, 0.25) is 0 Å².